The number of hydrogen-bond donors (Lipinski definition) is 3. The van der Waals surface area contributed by atoms with E-state index >= 15 is 0 Å². The molecule has 0 heterocycles. The lowest BCUT2D eigenvalue weighted by Crippen LogP contribution is -2.37. The summed E-state index contributed by atoms with van der Waals surface area (Å²) in [5, 5.41) is 18.4. The highest BCUT2D eigenvalue weighted by Crippen LogP contribution is 1.82. The zero-order chi connectivity index (χ0) is 10.6. The molecule has 6 nitrogen and oxygen atoms in total. The van der Waals surface area contributed by atoms with Gasteiger partial charge in [-0.1, -0.05) is 0 Å². The molecule has 0 bridgehead atoms. The quantitative estimate of drug-likeness (QED) is 0.222. The summed E-state index contributed by atoms with van der Waals surface area (Å²) in [7, 11) is 0. The van der Waals surface area contributed by atoms with Crippen molar-refractivity contribution in [3.05, 3.63) is 0 Å². The predicted octanol–water partition coefficient (Wildman–Crippen LogP) is -1.82. The van der Waals surface area contributed by atoms with Crippen molar-refractivity contribution >= 4 is 0 Å². The van der Waals surface area contributed by atoms with E-state index in [0.29, 0.717) is 39.5 Å². The number of aliphatic hydroxyl groups is 2. The SMILES string of the molecule is NN(CCOCCO)CCOCCO. The van der Waals surface area contributed by atoms with Crippen LogP contribution in [0.4, 0.5) is 0 Å². The number of ether oxygens (including phenoxy) is 2. The first kappa shape index (κ1) is 13.8. The van der Waals surface area contributed by atoms with E-state index in [1.54, 1.807) is 5.01 Å². The summed E-state index contributed by atoms with van der Waals surface area (Å²) >= 11 is 0. The van der Waals surface area contributed by atoms with Gasteiger partial charge in [-0.05, 0) is 0 Å². The average Bonchev–Trinajstić information content (AvgIpc) is 2.19. The molecule has 6 heteroatoms. The van der Waals surface area contributed by atoms with E-state index in [2.05, 4.69) is 0 Å². The fourth-order valence-corrected chi connectivity index (χ4v) is 0.809. The van der Waals surface area contributed by atoms with Crippen LogP contribution in [0.15, 0.2) is 0 Å². The highest BCUT2D eigenvalue weighted by atomic mass is 16.5. The zero-order valence-electron chi connectivity index (χ0n) is 8.39. The van der Waals surface area contributed by atoms with Crippen molar-refractivity contribution in [2.45, 2.75) is 0 Å². The molecule has 0 spiro atoms. The molecule has 0 aliphatic rings. The molecule has 0 aliphatic carbocycles. The molecule has 0 rings (SSSR count). The molecule has 4 N–H and O–H groups in total. The fourth-order valence-electron chi connectivity index (χ4n) is 0.809. The van der Waals surface area contributed by atoms with Gasteiger partial charge in [0.05, 0.1) is 39.6 Å². The van der Waals surface area contributed by atoms with Gasteiger partial charge < -0.3 is 19.7 Å². The molecule has 0 aliphatic heterocycles. The van der Waals surface area contributed by atoms with Gasteiger partial charge in [-0.25, -0.2) is 5.01 Å². The normalized spacial score (nSPS) is 11.1. The van der Waals surface area contributed by atoms with Gasteiger partial charge in [0, 0.05) is 13.1 Å². The van der Waals surface area contributed by atoms with E-state index < -0.39 is 0 Å². The highest BCUT2D eigenvalue weighted by Gasteiger charge is 1.98. The Kier molecular flexibility index (Phi) is 10.7. The number of rotatable bonds is 10. The lowest BCUT2D eigenvalue weighted by Gasteiger charge is -2.15. The summed E-state index contributed by atoms with van der Waals surface area (Å²) in [6.07, 6.45) is 0. The number of aliphatic hydroxyl groups excluding tert-OH is 2. The topological polar surface area (TPSA) is 88.2 Å². The van der Waals surface area contributed by atoms with Gasteiger partial charge in [-0.2, -0.15) is 0 Å². The standard InChI is InChI=1S/C8H20N2O4/c9-10(1-5-13-7-3-11)2-6-14-8-4-12/h11-12H,1-9H2. The minimum absolute atomic E-state index is 0.0319. The Morgan fingerprint density at radius 1 is 0.857 bits per heavy atom. The van der Waals surface area contributed by atoms with Crippen molar-refractivity contribution < 1.29 is 19.7 Å². The maximum Gasteiger partial charge on any atom is 0.0698 e. The minimum Gasteiger partial charge on any atom is -0.394 e. The van der Waals surface area contributed by atoms with Gasteiger partial charge in [0.1, 0.15) is 0 Å². The van der Waals surface area contributed by atoms with Gasteiger partial charge in [0.15, 0.2) is 0 Å². The second kappa shape index (κ2) is 10.8. The van der Waals surface area contributed by atoms with E-state index in [1.165, 1.54) is 0 Å². The molecule has 0 radical (unpaired) electrons. The van der Waals surface area contributed by atoms with Crippen LogP contribution in [-0.4, -0.2) is 68.0 Å². The minimum atomic E-state index is 0.0319. The van der Waals surface area contributed by atoms with Gasteiger partial charge >= 0.3 is 0 Å². The molecule has 0 saturated carbocycles. The number of nitrogens with two attached hydrogens (primary N) is 1. The molecule has 0 aromatic rings. The van der Waals surface area contributed by atoms with E-state index in [4.69, 9.17) is 25.5 Å². The van der Waals surface area contributed by atoms with Crippen molar-refractivity contribution in [3.8, 4) is 0 Å². The van der Waals surface area contributed by atoms with E-state index in [0.717, 1.165) is 0 Å². The largest absolute Gasteiger partial charge is 0.394 e. The third-order valence-electron chi connectivity index (χ3n) is 1.52. The van der Waals surface area contributed by atoms with E-state index in [9.17, 15) is 0 Å². The Bertz CT molecular complexity index is 104. The molecular formula is C8H20N2O4. The summed E-state index contributed by atoms with van der Waals surface area (Å²) in [4.78, 5) is 0. The van der Waals surface area contributed by atoms with Crippen LogP contribution >= 0.6 is 0 Å². The van der Waals surface area contributed by atoms with Gasteiger partial charge in [-0.3, -0.25) is 5.84 Å². The Morgan fingerprint density at radius 2 is 1.29 bits per heavy atom. The molecule has 0 amide bonds. The lowest BCUT2D eigenvalue weighted by molar-refractivity contribution is 0.0508. The molecule has 0 aromatic heterocycles. The van der Waals surface area contributed by atoms with Crippen LogP contribution in [0, 0.1) is 0 Å². The molecule has 0 saturated heterocycles. The first-order valence-corrected chi connectivity index (χ1v) is 4.68. The third-order valence-corrected chi connectivity index (χ3v) is 1.52. The molecule has 0 aromatic carbocycles. The van der Waals surface area contributed by atoms with Crippen LogP contribution in [0.5, 0.6) is 0 Å². The van der Waals surface area contributed by atoms with Crippen LogP contribution in [0.2, 0.25) is 0 Å². The monoisotopic (exact) mass is 208 g/mol. The summed E-state index contributed by atoms with van der Waals surface area (Å²) in [5.74, 6) is 5.59. The van der Waals surface area contributed by atoms with Crippen molar-refractivity contribution in [1.82, 2.24) is 5.01 Å². The molecule has 0 unspecified atom stereocenters. The van der Waals surface area contributed by atoms with Crippen LogP contribution in [-0.2, 0) is 9.47 Å². The first-order chi connectivity index (χ1) is 6.81. The second-order valence-corrected chi connectivity index (χ2v) is 2.71. The number of nitrogens with zero attached hydrogens (tertiary/aromatic N) is 1. The first-order valence-electron chi connectivity index (χ1n) is 4.68. The third kappa shape index (κ3) is 9.85. The van der Waals surface area contributed by atoms with Gasteiger partial charge in [-0.15, -0.1) is 0 Å². The van der Waals surface area contributed by atoms with E-state index in [-0.39, 0.29) is 13.2 Å². The predicted molar refractivity (Wildman–Crippen MR) is 51.6 cm³/mol. The van der Waals surface area contributed by atoms with E-state index in [1.807, 2.05) is 0 Å². The highest BCUT2D eigenvalue weighted by molar-refractivity contribution is 4.46. The second-order valence-electron chi connectivity index (χ2n) is 2.71. The van der Waals surface area contributed by atoms with Crippen molar-refractivity contribution in [1.29, 1.82) is 0 Å². The summed E-state index contributed by atoms with van der Waals surface area (Å²) < 4.78 is 10.1. The Labute approximate surface area is 84.2 Å². The average molecular weight is 208 g/mol. The van der Waals surface area contributed by atoms with Crippen LogP contribution in [0.1, 0.15) is 0 Å². The summed E-state index contributed by atoms with van der Waals surface area (Å²) in [6, 6.07) is 0. The maximum atomic E-state index is 8.42. The van der Waals surface area contributed by atoms with Crippen molar-refractivity contribution in [3.63, 3.8) is 0 Å². The van der Waals surface area contributed by atoms with Crippen molar-refractivity contribution in [2.24, 2.45) is 5.84 Å². The van der Waals surface area contributed by atoms with Crippen molar-refractivity contribution in [2.75, 3.05) is 52.7 Å². The van der Waals surface area contributed by atoms with Crippen LogP contribution in [0.3, 0.4) is 0 Å². The Morgan fingerprint density at radius 3 is 1.64 bits per heavy atom. The van der Waals surface area contributed by atoms with Crippen LogP contribution < -0.4 is 5.84 Å². The number of hydrogen-bond acceptors (Lipinski definition) is 6. The summed E-state index contributed by atoms with van der Waals surface area (Å²) in [5.41, 5.74) is 0. The molecule has 86 valence electrons. The van der Waals surface area contributed by atoms with Gasteiger partial charge in [0.2, 0.25) is 0 Å². The molecule has 14 heavy (non-hydrogen) atoms. The zero-order valence-corrected chi connectivity index (χ0v) is 8.39. The van der Waals surface area contributed by atoms with Gasteiger partial charge in [0.25, 0.3) is 0 Å². The maximum absolute atomic E-state index is 8.42. The summed E-state index contributed by atoms with van der Waals surface area (Å²) in [6.45, 7) is 2.94. The molecule has 0 atom stereocenters. The Hall–Kier alpha value is -0.240. The fraction of sp³-hybridized carbons (Fsp3) is 1.00. The smallest absolute Gasteiger partial charge is 0.0698 e. The number of hydrazine groups is 1. The molecular weight excluding hydrogens is 188 g/mol. The Balaban J connectivity index is 3.07. The lowest BCUT2D eigenvalue weighted by atomic mass is 10.6. The molecule has 0 fully saturated rings. The van der Waals surface area contributed by atoms with Crippen LogP contribution in [0.25, 0.3) is 0 Å².